The minimum atomic E-state index is -0.414. The molecule has 1 aliphatic rings. The van der Waals surface area contributed by atoms with Gasteiger partial charge in [0, 0.05) is 35.1 Å². The molecule has 0 spiro atoms. The SMILES string of the molecule is CNC(=O)c1cc(C(=O)NC2CCC(O)CC2)c([C@H](C)c2cc(Cl)cc(Cl)c2)o1. The van der Waals surface area contributed by atoms with E-state index < -0.39 is 5.91 Å². The molecule has 2 amide bonds. The van der Waals surface area contributed by atoms with E-state index in [1.54, 1.807) is 18.2 Å². The number of aliphatic hydroxyl groups is 1. The number of hydrogen-bond donors (Lipinski definition) is 3. The number of carbonyl (C=O) groups excluding carboxylic acids is 2. The molecule has 1 aromatic carbocycles. The third-order valence-corrected chi connectivity index (χ3v) is 5.70. The topological polar surface area (TPSA) is 91.6 Å². The summed E-state index contributed by atoms with van der Waals surface area (Å²) in [4.78, 5) is 25.1. The minimum absolute atomic E-state index is 0.0204. The number of benzene rings is 1. The van der Waals surface area contributed by atoms with E-state index in [9.17, 15) is 14.7 Å². The molecule has 0 unspecified atom stereocenters. The van der Waals surface area contributed by atoms with Gasteiger partial charge in [-0.3, -0.25) is 9.59 Å². The molecule has 156 valence electrons. The Morgan fingerprint density at radius 2 is 1.69 bits per heavy atom. The van der Waals surface area contributed by atoms with Crippen LogP contribution in [-0.4, -0.2) is 36.1 Å². The van der Waals surface area contributed by atoms with Crippen LogP contribution in [0, 0.1) is 0 Å². The van der Waals surface area contributed by atoms with E-state index in [0.717, 1.165) is 5.56 Å². The molecule has 3 N–H and O–H groups in total. The zero-order valence-corrected chi connectivity index (χ0v) is 17.8. The zero-order valence-electron chi connectivity index (χ0n) is 16.3. The summed E-state index contributed by atoms with van der Waals surface area (Å²) < 4.78 is 5.79. The van der Waals surface area contributed by atoms with Gasteiger partial charge in [-0.1, -0.05) is 30.1 Å². The second-order valence-electron chi connectivity index (χ2n) is 7.37. The second-order valence-corrected chi connectivity index (χ2v) is 8.24. The van der Waals surface area contributed by atoms with Gasteiger partial charge in [0.05, 0.1) is 11.7 Å². The minimum Gasteiger partial charge on any atom is -0.454 e. The Labute approximate surface area is 179 Å². The van der Waals surface area contributed by atoms with Gasteiger partial charge in [0.1, 0.15) is 5.76 Å². The number of halogens is 2. The van der Waals surface area contributed by atoms with Crippen LogP contribution in [0.5, 0.6) is 0 Å². The van der Waals surface area contributed by atoms with Gasteiger partial charge in [-0.25, -0.2) is 0 Å². The molecule has 3 rings (SSSR count). The monoisotopic (exact) mass is 438 g/mol. The average Bonchev–Trinajstić information content (AvgIpc) is 3.13. The maximum Gasteiger partial charge on any atom is 0.286 e. The zero-order chi connectivity index (χ0) is 21.1. The number of amides is 2. The Morgan fingerprint density at radius 1 is 1.07 bits per heavy atom. The van der Waals surface area contributed by atoms with Crippen molar-refractivity contribution in [2.75, 3.05) is 7.05 Å². The smallest absolute Gasteiger partial charge is 0.286 e. The summed E-state index contributed by atoms with van der Waals surface area (Å²) in [5, 5.41) is 16.1. The molecular weight excluding hydrogens is 415 g/mol. The maximum absolute atomic E-state index is 13.0. The average molecular weight is 439 g/mol. The van der Waals surface area contributed by atoms with Crippen LogP contribution in [0.1, 0.15) is 70.8 Å². The van der Waals surface area contributed by atoms with Crippen LogP contribution in [0.25, 0.3) is 0 Å². The predicted octanol–water partition coefficient (Wildman–Crippen LogP) is 4.13. The van der Waals surface area contributed by atoms with Gasteiger partial charge in [-0.05, 0) is 49.4 Å². The van der Waals surface area contributed by atoms with Crippen LogP contribution in [-0.2, 0) is 0 Å². The molecule has 1 heterocycles. The standard InChI is InChI=1S/C21H24Cl2N2O4/c1-11(12-7-13(22)9-14(23)8-12)19-17(10-18(29-19)21(28)24-2)20(27)25-15-3-5-16(26)6-4-15/h7-11,15-16,26H,3-6H2,1-2H3,(H,24,28)(H,25,27)/t11-,15?,16?/m1/s1. The summed E-state index contributed by atoms with van der Waals surface area (Å²) in [6, 6.07) is 6.58. The van der Waals surface area contributed by atoms with Crippen molar-refractivity contribution in [1.82, 2.24) is 10.6 Å². The number of hydrogen-bond acceptors (Lipinski definition) is 4. The Hall–Kier alpha value is -2.02. The van der Waals surface area contributed by atoms with E-state index in [-0.39, 0.29) is 29.7 Å². The molecule has 0 saturated heterocycles. The summed E-state index contributed by atoms with van der Waals surface area (Å²) in [6.07, 6.45) is 2.43. The number of nitrogens with one attached hydrogen (secondary N) is 2. The summed E-state index contributed by atoms with van der Waals surface area (Å²) in [7, 11) is 1.50. The lowest BCUT2D eigenvalue weighted by atomic mass is 9.92. The Balaban J connectivity index is 1.91. The molecule has 2 aromatic rings. The molecule has 1 atom stereocenters. The highest BCUT2D eigenvalue weighted by atomic mass is 35.5. The van der Waals surface area contributed by atoms with Gasteiger partial charge in [0.25, 0.3) is 11.8 Å². The molecule has 1 fully saturated rings. The Morgan fingerprint density at radius 3 is 2.28 bits per heavy atom. The predicted molar refractivity (Wildman–Crippen MR) is 112 cm³/mol. The van der Waals surface area contributed by atoms with E-state index in [1.165, 1.54) is 13.1 Å². The van der Waals surface area contributed by atoms with E-state index in [4.69, 9.17) is 27.6 Å². The van der Waals surface area contributed by atoms with Gasteiger partial charge < -0.3 is 20.2 Å². The van der Waals surface area contributed by atoms with Crippen LogP contribution >= 0.6 is 23.2 Å². The highest BCUT2D eigenvalue weighted by molar-refractivity contribution is 6.34. The fraction of sp³-hybridized carbons (Fsp3) is 0.429. The van der Waals surface area contributed by atoms with Gasteiger partial charge in [-0.2, -0.15) is 0 Å². The van der Waals surface area contributed by atoms with E-state index in [0.29, 0.717) is 47.1 Å². The van der Waals surface area contributed by atoms with Crippen LogP contribution in [0.15, 0.2) is 28.7 Å². The molecule has 29 heavy (non-hydrogen) atoms. The summed E-state index contributed by atoms with van der Waals surface area (Å²) in [5.74, 6) is -0.636. The van der Waals surface area contributed by atoms with Gasteiger partial charge in [-0.15, -0.1) is 0 Å². The van der Waals surface area contributed by atoms with Crippen molar-refractivity contribution in [2.45, 2.75) is 50.7 Å². The molecule has 1 aromatic heterocycles. The summed E-state index contributed by atoms with van der Waals surface area (Å²) in [6.45, 7) is 1.86. The van der Waals surface area contributed by atoms with Gasteiger partial charge in [0.15, 0.2) is 5.76 Å². The van der Waals surface area contributed by atoms with Crippen molar-refractivity contribution in [3.05, 3.63) is 57.0 Å². The first kappa shape index (κ1) is 21.7. The van der Waals surface area contributed by atoms with Crippen LogP contribution < -0.4 is 10.6 Å². The first-order chi connectivity index (χ1) is 13.8. The molecule has 0 aliphatic heterocycles. The number of furan rings is 1. The van der Waals surface area contributed by atoms with Crippen molar-refractivity contribution in [3.63, 3.8) is 0 Å². The van der Waals surface area contributed by atoms with Crippen molar-refractivity contribution in [1.29, 1.82) is 0 Å². The van der Waals surface area contributed by atoms with E-state index in [1.807, 2.05) is 6.92 Å². The van der Waals surface area contributed by atoms with Gasteiger partial charge >= 0.3 is 0 Å². The van der Waals surface area contributed by atoms with Crippen LogP contribution in [0.3, 0.4) is 0 Å². The first-order valence-corrected chi connectivity index (χ1v) is 10.3. The molecule has 8 heteroatoms. The van der Waals surface area contributed by atoms with E-state index in [2.05, 4.69) is 10.6 Å². The number of carbonyl (C=O) groups is 2. The summed E-state index contributed by atoms with van der Waals surface area (Å²) >= 11 is 12.2. The van der Waals surface area contributed by atoms with Gasteiger partial charge in [0.2, 0.25) is 0 Å². The van der Waals surface area contributed by atoms with Crippen molar-refractivity contribution in [3.8, 4) is 0 Å². The molecular formula is C21H24Cl2N2O4. The third-order valence-electron chi connectivity index (χ3n) is 5.27. The maximum atomic E-state index is 13.0. The van der Waals surface area contributed by atoms with Crippen molar-refractivity contribution < 1.29 is 19.1 Å². The number of aliphatic hydroxyl groups excluding tert-OH is 1. The fourth-order valence-corrected chi connectivity index (χ4v) is 4.14. The quantitative estimate of drug-likeness (QED) is 0.654. The Bertz CT molecular complexity index is 884. The lowest BCUT2D eigenvalue weighted by Crippen LogP contribution is -2.38. The van der Waals surface area contributed by atoms with Crippen molar-refractivity contribution in [2.24, 2.45) is 0 Å². The normalized spacial score (nSPS) is 20.2. The molecule has 1 aliphatic carbocycles. The molecule has 0 radical (unpaired) electrons. The number of rotatable bonds is 5. The lowest BCUT2D eigenvalue weighted by Gasteiger charge is -2.26. The Kier molecular flexibility index (Phi) is 6.88. The van der Waals surface area contributed by atoms with Crippen LogP contribution in [0.2, 0.25) is 10.0 Å². The van der Waals surface area contributed by atoms with Crippen LogP contribution in [0.4, 0.5) is 0 Å². The molecule has 6 nitrogen and oxygen atoms in total. The highest BCUT2D eigenvalue weighted by Gasteiger charge is 2.28. The highest BCUT2D eigenvalue weighted by Crippen LogP contribution is 2.33. The first-order valence-electron chi connectivity index (χ1n) is 9.59. The second kappa shape index (κ2) is 9.20. The summed E-state index contributed by atoms with van der Waals surface area (Å²) in [5.41, 5.74) is 1.08. The molecule has 1 saturated carbocycles. The largest absolute Gasteiger partial charge is 0.454 e. The molecule has 0 bridgehead atoms. The lowest BCUT2D eigenvalue weighted by molar-refractivity contribution is 0.0864. The third kappa shape index (κ3) is 5.13. The fourth-order valence-electron chi connectivity index (χ4n) is 3.60. The van der Waals surface area contributed by atoms with E-state index >= 15 is 0 Å². The van der Waals surface area contributed by atoms with Crippen molar-refractivity contribution >= 4 is 35.0 Å².